The van der Waals surface area contributed by atoms with Gasteiger partial charge in [-0.3, -0.25) is 0 Å². The molecule has 0 aromatic rings. The summed E-state index contributed by atoms with van der Waals surface area (Å²) in [7, 11) is 1.30. The highest BCUT2D eigenvalue weighted by molar-refractivity contribution is 5.78. The van der Waals surface area contributed by atoms with E-state index in [1.807, 2.05) is 0 Å². The fraction of sp³-hybridized carbons (Fsp3) is 0.800. The molecule has 2 N–H and O–H groups in total. The van der Waals surface area contributed by atoms with Crippen LogP contribution in [-0.2, 0) is 9.53 Å². The Hall–Kier alpha value is -1.17. The minimum Gasteiger partial charge on any atom is -0.478 e. The molecule has 0 amide bonds. The highest BCUT2D eigenvalue weighted by Crippen LogP contribution is 2.20. The molecule has 0 fully saturated rings. The number of nitrogens with zero attached hydrogens (tertiary/aromatic N) is 2. The predicted molar refractivity (Wildman–Crippen MR) is 34.8 cm³/mol. The van der Waals surface area contributed by atoms with E-state index >= 15 is 0 Å². The third-order valence-corrected chi connectivity index (χ3v) is 1.68. The fourth-order valence-electron chi connectivity index (χ4n) is 0.894. The Morgan fingerprint density at radius 3 is 2.64 bits per heavy atom. The van der Waals surface area contributed by atoms with Crippen molar-refractivity contribution >= 4 is 5.97 Å². The average Bonchev–Trinajstić information content (AvgIpc) is 2.32. The third kappa shape index (κ3) is 0.949. The maximum absolute atomic E-state index is 10.7. The van der Waals surface area contributed by atoms with Gasteiger partial charge in [-0.15, -0.1) is 0 Å². The van der Waals surface area contributed by atoms with Crippen LogP contribution in [0.3, 0.4) is 0 Å². The summed E-state index contributed by atoms with van der Waals surface area (Å²) in [4.78, 5) is 10.7. The Morgan fingerprint density at radius 2 is 2.45 bits per heavy atom. The molecule has 2 unspecified atom stereocenters. The first-order chi connectivity index (χ1) is 5.13. The normalized spacial score (nSPS) is 35.3. The number of hydrogen-bond acceptors (Lipinski definition) is 5. The maximum atomic E-state index is 10.7. The zero-order chi connectivity index (χ0) is 8.48. The van der Waals surface area contributed by atoms with Gasteiger partial charge >= 0.3 is 5.97 Å². The lowest BCUT2D eigenvalue weighted by molar-refractivity contribution is -0.166. The Kier molecular flexibility index (Phi) is 1.77. The van der Waals surface area contributed by atoms with Crippen LogP contribution < -0.4 is 5.43 Å². The van der Waals surface area contributed by atoms with Crippen molar-refractivity contribution in [2.24, 2.45) is 10.3 Å². The number of rotatable bonds is 2. The van der Waals surface area contributed by atoms with Gasteiger partial charge in [-0.1, -0.05) is 5.22 Å². The van der Waals surface area contributed by atoms with E-state index in [4.69, 9.17) is 9.84 Å². The molecule has 1 heterocycles. The summed E-state index contributed by atoms with van der Waals surface area (Å²) < 4.78 is 4.77. The monoisotopic (exact) mass is 159 g/mol. The molecule has 2 atom stereocenters. The van der Waals surface area contributed by atoms with Gasteiger partial charge in [0.1, 0.15) is 6.04 Å². The number of aliphatic carboxylic acids is 1. The van der Waals surface area contributed by atoms with Crippen LogP contribution in [0.25, 0.3) is 0 Å². The Balaban J connectivity index is 2.86. The van der Waals surface area contributed by atoms with Crippen molar-refractivity contribution in [1.82, 2.24) is 5.43 Å². The van der Waals surface area contributed by atoms with Gasteiger partial charge in [0.25, 0.3) is 5.72 Å². The molecule has 1 aliphatic rings. The quantitative estimate of drug-likeness (QED) is 0.583. The van der Waals surface area contributed by atoms with Crippen LogP contribution in [0.4, 0.5) is 0 Å². The van der Waals surface area contributed by atoms with Crippen LogP contribution in [-0.4, -0.2) is 30.0 Å². The predicted octanol–water partition coefficient (Wildman–Crippen LogP) is -0.227. The largest absolute Gasteiger partial charge is 0.478 e. The summed E-state index contributed by atoms with van der Waals surface area (Å²) in [6, 6.07) is -0.509. The smallest absolute Gasteiger partial charge is 0.361 e. The van der Waals surface area contributed by atoms with Crippen LogP contribution in [0.15, 0.2) is 10.3 Å². The van der Waals surface area contributed by atoms with E-state index in [0.717, 1.165) is 0 Å². The highest BCUT2D eigenvalue weighted by atomic mass is 16.5. The molecular formula is C5H9N3O3. The molecule has 0 spiro atoms. The second kappa shape index (κ2) is 2.46. The zero-order valence-electron chi connectivity index (χ0n) is 6.24. The molecular weight excluding hydrogens is 150 g/mol. The van der Waals surface area contributed by atoms with Gasteiger partial charge in [-0.25, -0.2) is 10.2 Å². The van der Waals surface area contributed by atoms with E-state index in [0.29, 0.717) is 0 Å². The molecule has 0 bridgehead atoms. The molecule has 0 radical (unpaired) electrons. The average molecular weight is 159 g/mol. The maximum Gasteiger partial charge on any atom is 0.361 e. The molecule has 6 heteroatoms. The van der Waals surface area contributed by atoms with Crippen molar-refractivity contribution in [1.29, 1.82) is 0 Å². The lowest BCUT2D eigenvalue weighted by atomic mass is 10.1. The van der Waals surface area contributed by atoms with E-state index in [1.165, 1.54) is 7.11 Å². The van der Waals surface area contributed by atoms with E-state index in [-0.39, 0.29) is 0 Å². The molecule has 6 nitrogen and oxygen atoms in total. The summed E-state index contributed by atoms with van der Waals surface area (Å²) >= 11 is 0. The Labute approximate surface area is 63.2 Å². The van der Waals surface area contributed by atoms with Crippen LogP contribution in [0.1, 0.15) is 6.92 Å². The number of hydrogen-bond donors (Lipinski definition) is 2. The minimum atomic E-state index is -1.47. The highest BCUT2D eigenvalue weighted by Gasteiger charge is 2.48. The number of nitrogens with one attached hydrogen (secondary N) is 1. The van der Waals surface area contributed by atoms with Gasteiger partial charge in [0.2, 0.25) is 0 Å². The first-order valence-electron chi connectivity index (χ1n) is 3.09. The second-order valence-electron chi connectivity index (χ2n) is 2.25. The lowest BCUT2D eigenvalue weighted by Crippen LogP contribution is -2.55. The van der Waals surface area contributed by atoms with E-state index in [1.54, 1.807) is 6.92 Å². The van der Waals surface area contributed by atoms with E-state index < -0.39 is 17.7 Å². The van der Waals surface area contributed by atoms with Gasteiger partial charge < -0.3 is 9.84 Å². The number of carboxylic acid groups (broad SMARTS) is 1. The molecule has 0 aliphatic carbocycles. The molecule has 0 saturated heterocycles. The van der Waals surface area contributed by atoms with Gasteiger partial charge in [-0.05, 0) is 6.92 Å². The van der Waals surface area contributed by atoms with Crippen LogP contribution in [0.2, 0.25) is 0 Å². The molecule has 62 valence electrons. The van der Waals surface area contributed by atoms with Crippen LogP contribution in [0, 0.1) is 0 Å². The number of methoxy groups -OCH3 is 1. The van der Waals surface area contributed by atoms with Gasteiger partial charge in [-0.2, -0.15) is 5.11 Å². The standard InChI is InChI=1S/C5H9N3O3/c1-3-5(11-2,4(9)10)7-8-6-3/h3H,1-2H3,(H,6,7)(H,9,10). The van der Waals surface area contributed by atoms with Gasteiger partial charge in [0.05, 0.1) is 0 Å². The first-order valence-corrected chi connectivity index (χ1v) is 3.09. The van der Waals surface area contributed by atoms with Crippen molar-refractivity contribution in [2.45, 2.75) is 18.7 Å². The number of ether oxygens (including phenoxy) is 1. The van der Waals surface area contributed by atoms with Gasteiger partial charge in [0.15, 0.2) is 0 Å². The Morgan fingerprint density at radius 1 is 1.82 bits per heavy atom. The molecule has 1 rings (SSSR count). The number of carbonyl (C=O) groups is 1. The van der Waals surface area contributed by atoms with Crippen molar-refractivity contribution in [2.75, 3.05) is 7.11 Å². The summed E-state index contributed by atoms with van der Waals surface area (Å²) in [5.74, 6) is -1.11. The van der Waals surface area contributed by atoms with Crippen LogP contribution in [0.5, 0.6) is 0 Å². The summed E-state index contributed by atoms with van der Waals surface area (Å²) in [5.41, 5.74) is 0.833. The first kappa shape index (κ1) is 7.93. The molecule has 0 aromatic carbocycles. The molecule has 0 saturated carbocycles. The number of carboxylic acids is 1. The van der Waals surface area contributed by atoms with E-state index in [2.05, 4.69) is 15.8 Å². The van der Waals surface area contributed by atoms with Crippen molar-refractivity contribution in [3.05, 3.63) is 0 Å². The molecule has 0 aromatic heterocycles. The second-order valence-corrected chi connectivity index (χ2v) is 2.25. The zero-order valence-corrected chi connectivity index (χ0v) is 6.24. The van der Waals surface area contributed by atoms with E-state index in [9.17, 15) is 4.79 Å². The summed E-state index contributed by atoms with van der Waals surface area (Å²) in [6.45, 7) is 1.61. The van der Waals surface area contributed by atoms with Gasteiger partial charge in [0, 0.05) is 7.11 Å². The molecule has 11 heavy (non-hydrogen) atoms. The van der Waals surface area contributed by atoms with Crippen LogP contribution >= 0.6 is 0 Å². The fourth-order valence-corrected chi connectivity index (χ4v) is 0.894. The Bertz CT molecular complexity index is 205. The van der Waals surface area contributed by atoms with Crippen molar-refractivity contribution < 1.29 is 14.6 Å². The molecule has 1 aliphatic heterocycles. The van der Waals surface area contributed by atoms with Crippen molar-refractivity contribution in [3.63, 3.8) is 0 Å². The topological polar surface area (TPSA) is 83.3 Å². The summed E-state index contributed by atoms with van der Waals surface area (Å²) in [5, 5.41) is 15.7. The van der Waals surface area contributed by atoms with Crippen molar-refractivity contribution in [3.8, 4) is 0 Å². The third-order valence-electron chi connectivity index (χ3n) is 1.68. The SMILES string of the molecule is COC1(C(=O)O)NN=NC1C. The summed E-state index contributed by atoms with van der Waals surface area (Å²) in [6.07, 6.45) is 0. The minimum absolute atomic E-state index is 0.509. The lowest BCUT2D eigenvalue weighted by Gasteiger charge is -2.23.